The number of halogens is 3. The third kappa shape index (κ3) is 3.12. The Morgan fingerprint density at radius 2 is 1.96 bits per heavy atom. The second kappa shape index (κ2) is 7.80. The normalized spacial score (nSPS) is 13.5. The first-order valence-electron chi connectivity index (χ1n) is 8.24. The van der Waals surface area contributed by atoms with E-state index in [0.717, 1.165) is 6.42 Å². The van der Waals surface area contributed by atoms with Gasteiger partial charge in [-0.25, -0.2) is 0 Å². The maximum Gasteiger partial charge on any atom is -1.00 e. The van der Waals surface area contributed by atoms with Crippen LogP contribution in [0.5, 0.6) is 0 Å². The first-order valence-corrected chi connectivity index (χ1v) is 11.5. The molecule has 0 radical (unpaired) electrons. The second-order valence-corrected chi connectivity index (χ2v) is 10.9. The van der Waals surface area contributed by atoms with Crippen LogP contribution in [0.3, 0.4) is 0 Å². The van der Waals surface area contributed by atoms with Crippen molar-refractivity contribution in [3.8, 4) is 11.1 Å². The third-order valence-electron chi connectivity index (χ3n) is 5.11. The Kier molecular flexibility index (Phi) is 6.04. The van der Waals surface area contributed by atoms with E-state index < -0.39 is 23.2 Å². The van der Waals surface area contributed by atoms with Gasteiger partial charge in [0.1, 0.15) is 0 Å². The molecule has 0 atom stereocenters. The van der Waals surface area contributed by atoms with Crippen molar-refractivity contribution in [1.29, 1.82) is 0 Å². The average Bonchev–Trinajstić information content (AvgIpc) is 3.26. The summed E-state index contributed by atoms with van der Waals surface area (Å²) in [7, 11) is 2.23. The fraction of sp³-hybridized carbons (Fsp3) is 0.143. The summed E-state index contributed by atoms with van der Waals surface area (Å²) in [6, 6.07) is 13.7. The minimum atomic E-state index is -0.718. The van der Waals surface area contributed by atoms with Crippen molar-refractivity contribution >= 4 is 30.1 Å². The van der Waals surface area contributed by atoms with E-state index in [9.17, 15) is 0 Å². The fourth-order valence-electron chi connectivity index (χ4n) is 3.99. The minimum Gasteiger partial charge on any atom is -1.00 e. The molecule has 0 aliphatic heterocycles. The zero-order valence-electron chi connectivity index (χ0n) is 14.2. The Morgan fingerprint density at radius 3 is 2.73 bits per heavy atom. The van der Waals surface area contributed by atoms with E-state index in [0.29, 0.717) is 0 Å². The van der Waals surface area contributed by atoms with Crippen LogP contribution in [0.1, 0.15) is 17.7 Å². The van der Waals surface area contributed by atoms with Crippen molar-refractivity contribution in [2.45, 2.75) is 12.8 Å². The fourth-order valence-corrected chi connectivity index (χ4v) is 7.60. The molecule has 0 unspecified atom stereocenters. The predicted molar refractivity (Wildman–Crippen MR) is 100 cm³/mol. The molecule has 2 aliphatic rings. The van der Waals surface area contributed by atoms with E-state index in [2.05, 4.69) is 82.2 Å². The topological polar surface area (TPSA) is 4.93 Å². The number of hydrogen-bond acceptors (Lipinski definition) is 0. The number of benzene rings is 2. The van der Waals surface area contributed by atoms with Crippen LogP contribution in [-0.2, 0) is 36.7 Å². The molecule has 0 bridgehead atoms. The average molecular weight is 524 g/mol. The van der Waals surface area contributed by atoms with E-state index >= 15 is 0 Å². The quantitative estimate of drug-likeness (QED) is 0.320. The number of hydrogen-bond donors (Lipinski definition) is 0. The summed E-state index contributed by atoms with van der Waals surface area (Å²) in [6.07, 6.45) is 9.07. The third-order valence-corrected chi connectivity index (χ3v) is 8.99. The molecule has 0 spiro atoms. The minimum absolute atomic E-state index is 0. The van der Waals surface area contributed by atoms with Gasteiger partial charge in [0.05, 0.1) is 0 Å². The van der Waals surface area contributed by atoms with Crippen molar-refractivity contribution in [3.63, 3.8) is 0 Å². The predicted octanol–water partition coefficient (Wildman–Crippen LogP) is -0.928. The standard InChI is InChI=1S/C16H11BrN.C5H5.2ClH.Zr/c1-18-14-5-3-2-4-13(14)16-12-7-6-11(17)8-10(12)9-15(16)18;1-2-4-5-3-1;;;/h2-3,5-8H,9H2,1H3;1-3H,4H2;2*1H;/q;;;;+2/p-2. The molecule has 2 aromatic carbocycles. The van der Waals surface area contributed by atoms with Crippen LogP contribution in [0.25, 0.3) is 22.0 Å². The summed E-state index contributed by atoms with van der Waals surface area (Å²) in [4.78, 5) is 0. The number of aryl methyl sites for hydroxylation is 1. The number of nitrogens with zero attached hydrogens (tertiary/aromatic N) is 1. The summed E-state index contributed by atoms with van der Waals surface area (Å²) in [5.41, 5.74) is 7.26. The van der Waals surface area contributed by atoms with Crippen molar-refractivity contribution in [2.24, 2.45) is 7.05 Å². The van der Waals surface area contributed by atoms with Crippen LogP contribution in [0.4, 0.5) is 0 Å². The van der Waals surface area contributed by atoms with Crippen LogP contribution < -0.4 is 28.1 Å². The first-order chi connectivity index (χ1) is 11.7. The van der Waals surface area contributed by atoms with Crippen LogP contribution >= 0.6 is 15.9 Å². The van der Waals surface area contributed by atoms with Crippen LogP contribution in [0.15, 0.2) is 62.4 Å². The molecule has 2 aliphatic carbocycles. The van der Waals surface area contributed by atoms with Gasteiger partial charge in [0, 0.05) is 0 Å². The summed E-state index contributed by atoms with van der Waals surface area (Å²) < 4.78 is 6.90. The van der Waals surface area contributed by atoms with Gasteiger partial charge >= 0.3 is 163 Å². The zero-order chi connectivity index (χ0) is 16.3. The second-order valence-electron chi connectivity index (χ2n) is 6.51. The van der Waals surface area contributed by atoms with Crippen LogP contribution in [-0.4, -0.2) is 4.57 Å². The maximum absolute atomic E-state index is 3.63. The Labute approximate surface area is 186 Å². The molecule has 0 amide bonds. The maximum atomic E-state index is 3.63. The molecular weight excluding hydrogens is 508 g/mol. The monoisotopic (exact) mass is 521 g/mol. The van der Waals surface area contributed by atoms with Crippen molar-refractivity contribution in [2.75, 3.05) is 0 Å². The van der Waals surface area contributed by atoms with E-state index in [-0.39, 0.29) is 24.8 Å². The van der Waals surface area contributed by atoms with Crippen LogP contribution in [0.2, 0.25) is 0 Å². The molecule has 0 N–H and O–H groups in total. The first kappa shape index (κ1) is 20.1. The Balaban J connectivity index is 0.000000980. The molecule has 1 nitrogen and oxygen atoms in total. The Bertz CT molecular complexity index is 1070. The van der Waals surface area contributed by atoms with Gasteiger partial charge in [0.25, 0.3) is 0 Å². The molecule has 0 saturated heterocycles. The van der Waals surface area contributed by atoms with Crippen LogP contribution in [0, 0.1) is 0 Å². The van der Waals surface area contributed by atoms with Crippen molar-refractivity contribution < 1.29 is 48.0 Å². The van der Waals surface area contributed by atoms with Gasteiger partial charge in [-0.05, 0) is 0 Å². The Morgan fingerprint density at radius 1 is 1.12 bits per heavy atom. The van der Waals surface area contributed by atoms with E-state index in [1.54, 1.807) is 6.55 Å². The van der Waals surface area contributed by atoms with Gasteiger partial charge in [-0.3, -0.25) is 0 Å². The number of fused-ring (bicyclic) bond motifs is 5. The van der Waals surface area contributed by atoms with Gasteiger partial charge in [0.15, 0.2) is 0 Å². The molecule has 5 heteroatoms. The molecule has 0 saturated carbocycles. The van der Waals surface area contributed by atoms with Gasteiger partial charge in [-0.15, -0.1) is 0 Å². The number of aromatic nitrogens is 1. The van der Waals surface area contributed by atoms with Gasteiger partial charge in [-0.1, -0.05) is 0 Å². The number of allylic oxidation sites excluding steroid dienone is 4. The summed E-state index contributed by atoms with van der Waals surface area (Å²) in [6.45, 7) is 0. The Hall–Kier alpha value is -0.597. The summed E-state index contributed by atoms with van der Waals surface area (Å²) in [5, 5.41) is 1.52. The molecule has 130 valence electrons. The van der Waals surface area contributed by atoms with Gasteiger partial charge in [0.2, 0.25) is 0 Å². The summed E-state index contributed by atoms with van der Waals surface area (Å²) >= 11 is 2.91. The number of rotatable bonds is 2. The molecule has 5 rings (SSSR count). The van der Waals surface area contributed by atoms with Crippen molar-refractivity contribution in [1.82, 2.24) is 4.57 Å². The largest absolute Gasteiger partial charge is 1.00 e. The SMILES string of the molecule is Cn1c2c(c3[c]([Zr+2][C]4=CC=CC4)cccc31)-c1ccc(Br)cc1C2.[Cl-].[Cl-]. The van der Waals surface area contributed by atoms with Gasteiger partial charge in [-0.2, -0.15) is 0 Å². The van der Waals surface area contributed by atoms with E-state index in [4.69, 9.17) is 0 Å². The summed E-state index contributed by atoms with van der Waals surface area (Å²) in [5.74, 6) is 0. The molecule has 26 heavy (non-hydrogen) atoms. The van der Waals surface area contributed by atoms with Gasteiger partial charge < -0.3 is 24.8 Å². The molecule has 0 fully saturated rings. The zero-order valence-corrected chi connectivity index (χ0v) is 19.7. The van der Waals surface area contributed by atoms with E-state index in [1.807, 2.05) is 0 Å². The molecule has 3 aromatic rings. The molecule has 1 aromatic heterocycles. The van der Waals surface area contributed by atoms with E-state index in [1.165, 1.54) is 44.2 Å². The molecule has 1 heterocycles. The van der Waals surface area contributed by atoms with Crippen molar-refractivity contribution in [3.05, 3.63) is 73.6 Å². The molecular formula is C21H16BrCl2NZr. The smallest absolute Gasteiger partial charge is 1.00 e.